The summed E-state index contributed by atoms with van der Waals surface area (Å²) in [6, 6.07) is 4.17. The molecule has 1 atom stereocenters. The Bertz CT molecular complexity index is 870. The highest BCUT2D eigenvalue weighted by atomic mass is 19.4. The van der Waals surface area contributed by atoms with Crippen LogP contribution in [-0.2, 0) is 26.8 Å². The van der Waals surface area contributed by atoms with Crippen molar-refractivity contribution in [1.82, 2.24) is 5.32 Å². The molecule has 1 fully saturated rings. The molecule has 0 aliphatic carbocycles. The molecule has 6 nitrogen and oxygen atoms in total. The van der Waals surface area contributed by atoms with Crippen LogP contribution in [0.1, 0.15) is 98.1 Å². The maximum Gasteiger partial charge on any atom is 0.419 e. The largest absolute Gasteiger partial charge is 0.490 e. The zero-order valence-corrected chi connectivity index (χ0v) is 23.3. The Labute approximate surface area is 219 Å². The molecule has 0 aromatic heterocycles. The molecule has 1 aromatic rings. The number of aryl methyl sites for hydroxylation is 1. The summed E-state index contributed by atoms with van der Waals surface area (Å²) >= 11 is 0. The number of rotatable bonds is 11. The Morgan fingerprint density at radius 2 is 1.76 bits per heavy atom. The molecule has 0 spiro atoms. The molecule has 2 rings (SSSR count). The summed E-state index contributed by atoms with van der Waals surface area (Å²) < 4.78 is 64.5. The molecule has 1 amide bonds. The zero-order valence-electron chi connectivity index (χ0n) is 23.3. The number of carbonyl (C=O) groups excluding carboxylic acids is 1. The summed E-state index contributed by atoms with van der Waals surface area (Å²) in [5, 5.41) is 2.85. The van der Waals surface area contributed by atoms with Crippen molar-refractivity contribution in [1.29, 1.82) is 0 Å². The van der Waals surface area contributed by atoms with E-state index >= 15 is 0 Å². The van der Waals surface area contributed by atoms with Gasteiger partial charge in [0, 0.05) is 0 Å². The fraction of sp³-hybridized carbons (Fsp3) is 0.750. The molecular formula is C28H44F3NO5. The van der Waals surface area contributed by atoms with Gasteiger partial charge in [0.2, 0.25) is 0 Å². The number of unbranched alkanes of at least 4 members (excludes halogenated alkanes) is 3. The fourth-order valence-electron chi connectivity index (χ4n) is 4.08. The van der Waals surface area contributed by atoms with Crippen molar-refractivity contribution in [2.45, 2.75) is 123 Å². The Morgan fingerprint density at radius 1 is 1.11 bits per heavy atom. The first-order chi connectivity index (χ1) is 17.0. The van der Waals surface area contributed by atoms with Gasteiger partial charge in [-0.2, -0.15) is 13.2 Å². The highest BCUT2D eigenvalue weighted by molar-refractivity contribution is 5.69. The summed E-state index contributed by atoms with van der Waals surface area (Å²) in [5.41, 5.74) is -1.97. The van der Waals surface area contributed by atoms with E-state index in [0.29, 0.717) is 18.4 Å². The maximum atomic E-state index is 13.9. The van der Waals surface area contributed by atoms with Gasteiger partial charge < -0.3 is 24.3 Å². The van der Waals surface area contributed by atoms with E-state index in [1.807, 2.05) is 0 Å². The SMILES string of the molecule is CCCCCCC(C)Oc1ccc(CCC2(NC(=O)OC(C)(C)C)COC(C)(C)OC2)cc1C(F)(F)F. The van der Waals surface area contributed by atoms with Crippen LogP contribution in [0.2, 0.25) is 0 Å². The second-order valence-corrected chi connectivity index (χ2v) is 11.5. The van der Waals surface area contributed by atoms with Gasteiger partial charge in [-0.15, -0.1) is 0 Å². The van der Waals surface area contributed by atoms with E-state index in [0.717, 1.165) is 31.7 Å². The highest BCUT2D eigenvalue weighted by Crippen LogP contribution is 2.38. The number of amides is 1. The van der Waals surface area contributed by atoms with Crippen molar-refractivity contribution in [2.24, 2.45) is 0 Å². The van der Waals surface area contributed by atoms with Crippen LogP contribution in [0.25, 0.3) is 0 Å². The molecule has 1 unspecified atom stereocenters. The molecule has 37 heavy (non-hydrogen) atoms. The van der Waals surface area contributed by atoms with Crippen LogP contribution in [0.15, 0.2) is 18.2 Å². The standard InChI is InChI=1S/C28H44F3NO5/c1-8-9-10-11-12-20(2)36-23-14-13-21(17-22(23)28(29,30)31)15-16-27(18-34-26(6,7)35-19-27)32-24(33)37-25(3,4)5/h13-14,17,20H,8-12,15-16,18-19H2,1-7H3,(H,32,33). The third kappa shape index (κ3) is 10.7. The first-order valence-electron chi connectivity index (χ1n) is 13.2. The average molecular weight is 532 g/mol. The van der Waals surface area contributed by atoms with E-state index in [4.69, 9.17) is 18.9 Å². The summed E-state index contributed by atoms with van der Waals surface area (Å²) in [5.74, 6) is -0.985. The molecule has 1 aliphatic heterocycles. The minimum atomic E-state index is -4.55. The third-order valence-corrected chi connectivity index (χ3v) is 6.19. The summed E-state index contributed by atoms with van der Waals surface area (Å²) in [7, 11) is 0. The molecule has 1 N–H and O–H groups in total. The van der Waals surface area contributed by atoms with E-state index in [2.05, 4.69) is 12.2 Å². The second-order valence-electron chi connectivity index (χ2n) is 11.5. The Morgan fingerprint density at radius 3 is 2.32 bits per heavy atom. The number of hydrogen-bond acceptors (Lipinski definition) is 5. The van der Waals surface area contributed by atoms with Crippen molar-refractivity contribution in [3.8, 4) is 5.75 Å². The number of benzene rings is 1. The molecular weight excluding hydrogens is 487 g/mol. The Kier molecular flexibility index (Phi) is 10.7. The normalized spacial score (nSPS) is 18.2. The lowest BCUT2D eigenvalue weighted by atomic mass is 9.91. The average Bonchev–Trinajstić information content (AvgIpc) is 2.76. The molecule has 1 aromatic carbocycles. The first-order valence-corrected chi connectivity index (χ1v) is 13.2. The molecule has 1 heterocycles. The van der Waals surface area contributed by atoms with Gasteiger partial charge in [0.1, 0.15) is 11.4 Å². The van der Waals surface area contributed by atoms with Crippen molar-refractivity contribution in [3.63, 3.8) is 0 Å². The van der Waals surface area contributed by atoms with Crippen LogP contribution in [0, 0.1) is 0 Å². The molecule has 1 saturated heterocycles. The number of ether oxygens (including phenoxy) is 4. The van der Waals surface area contributed by atoms with Gasteiger partial charge >= 0.3 is 12.3 Å². The molecule has 212 valence electrons. The molecule has 0 saturated carbocycles. The summed E-state index contributed by atoms with van der Waals surface area (Å²) in [6.07, 6.45) is -0.0769. The second kappa shape index (κ2) is 12.7. The lowest BCUT2D eigenvalue weighted by Crippen LogP contribution is -2.61. The summed E-state index contributed by atoms with van der Waals surface area (Å²) in [4.78, 5) is 12.5. The topological polar surface area (TPSA) is 66.0 Å². The number of halogens is 3. The van der Waals surface area contributed by atoms with Crippen molar-refractivity contribution < 1.29 is 36.9 Å². The first kappa shape index (κ1) is 31.2. The number of carbonyl (C=O) groups is 1. The van der Waals surface area contributed by atoms with Gasteiger partial charge in [-0.25, -0.2) is 4.79 Å². The number of alkyl carbamates (subject to hydrolysis) is 1. The van der Waals surface area contributed by atoms with E-state index in [1.165, 1.54) is 6.07 Å². The van der Waals surface area contributed by atoms with Gasteiger partial charge in [0.25, 0.3) is 0 Å². The van der Waals surface area contributed by atoms with Crippen LogP contribution < -0.4 is 10.1 Å². The predicted molar refractivity (Wildman–Crippen MR) is 137 cm³/mol. The van der Waals surface area contributed by atoms with Crippen LogP contribution >= 0.6 is 0 Å². The fourth-order valence-corrected chi connectivity index (χ4v) is 4.08. The van der Waals surface area contributed by atoms with Gasteiger partial charge in [-0.1, -0.05) is 32.3 Å². The van der Waals surface area contributed by atoms with E-state index < -0.39 is 34.8 Å². The monoisotopic (exact) mass is 531 g/mol. The quantitative estimate of drug-likeness (QED) is 0.301. The molecule has 9 heteroatoms. The lowest BCUT2D eigenvalue weighted by Gasteiger charge is -2.44. The van der Waals surface area contributed by atoms with Crippen molar-refractivity contribution >= 4 is 6.09 Å². The molecule has 1 aliphatic rings. The number of nitrogens with one attached hydrogen (secondary N) is 1. The Hall–Kier alpha value is -2.00. The van der Waals surface area contributed by atoms with Crippen molar-refractivity contribution in [3.05, 3.63) is 29.3 Å². The van der Waals surface area contributed by atoms with Gasteiger partial charge in [0.15, 0.2) is 5.79 Å². The van der Waals surface area contributed by atoms with Gasteiger partial charge in [0.05, 0.1) is 30.4 Å². The van der Waals surface area contributed by atoms with E-state index in [9.17, 15) is 18.0 Å². The highest BCUT2D eigenvalue weighted by Gasteiger charge is 2.42. The smallest absolute Gasteiger partial charge is 0.419 e. The maximum absolute atomic E-state index is 13.9. The van der Waals surface area contributed by atoms with Gasteiger partial charge in [-0.3, -0.25) is 0 Å². The van der Waals surface area contributed by atoms with Crippen LogP contribution in [0.5, 0.6) is 5.75 Å². The minimum Gasteiger partial charge on any atom is -0.490 e. The van der Waals surface area contributed by atoms with Crippen LogP contribution in [-0.4, -0.2) is 42.3 Å². The Balaban J connectivity index is 2.16. The molecule has 0 radical (unpaired) electrons. The number of hydrogen-bond donors (Lipinski definition) is 1. The summed E-state index contributed by atoms with van der Waals surface area (Å²) in [6.45, 7) is 13.0. The van der Waals surface area contributed by atoms with Crippen molar-refractivity contribution in [2.75, 3.05) is 13.2 Å². The van der Waals surface area contributed by atoms with Crippen LogP contribution in [0.3, 0.4) is 0 Å². The lowest BCUT2D eigenvalue weighted by molar-refractivity contribution is -0.271. The van der Waals surface area contributed by atoms with E-state index in [-0.39, 0.29) is 31.5 Å². The third-order valence-electron chi connectivity index (χ3n) is 6.19. The minimum absolute atomic E-state index is 0.141. The zero-order chi connectivity index (χ0) is 27.9. The van der Waals surface area contributed by atoms with Crippen LogP contribution in [0.4, 0.5) is 18.0 Å². The predicted octanol–water partition coefficient (Wildman–Crippen LogP) is 7.42. The van der Waals surface area contributed by atoms with Gasteiger partial charge in [-0.05, 0) is 84.9 Å². The van der Waals surface area contributed by atoms with E-state index in [1.54, 1.807) is 47.6 Å². The molecule has 0 bridgehead atoms. The number of alkyl halides is 3.